The summed E-state index contributed by atoms with van der Waals surface area (Å²) in [6, 6.07) is 39.5. The lowest BCUT2D eigenvalue weighted by atomic mass is 9.85. The lowest BCUT2D eigenvalue weighted by Gasteiger charge is -2.22. The van der Waals surface area contributed by atoms with Gasteiger partial charge in [-0.25, -0.2) is 0 Å². The van der Waals surface area contributed by atoms with E-state index in [1.165, 1.54) is 0 Å². The number of hydrogen-bond donors (Lipinski definition) is 12. The summed E-state index contributed by atoms with van der Waals surface area (Å²) in [5.74, 6) is -7.29. The van der Waals surface area contributed by atoms with Gasteiger partial charge in [0.1, 0.15) is 18.1 Å². The van der Waals surface area contributed by atoms with E-state index in [1.54, 1.807) is 72.8 Å². The van der Waals surface area contributed by atoms with Gasteiger partial charge in [0.15, 0.2) is 0 Å². The predicted octanol–water partition coefficient (Wildman–Crippen LogP) is 8.83. The highest BCUT2D eigenvalue weighted by atomic mass is 16.4. The molecule has 88 heavy (non-hydrogen) atoms. The van der Waals surface area contributed by atoms with Gasteiger partial charge in [0.25, 0.3) is 0 Å². The number of rotatable bonds is 27. The van der Waals surface area contributed by atoms with Gasteiger partial charge in [-0.15, -0.1) is 0 Å². The van der Waals surface area contributed by atoms with Crippen LogP contribution in [0, 0.1) is 20.8 Å². The Morgan fingerprint density at radius 2 is 0.614 bits per heavy atom. The Kier molecular flexibility index (Phi) is 19.6. The molecule has 21 nitrogen and oxygen atoms in total. The summed E-state index contributed by atoms with van der Waals surface area (Å²) >= 11 is 0. The molecule has 12 N–H and O–H groups in total. The second-order valence-electron chi connectivity index (χ2n) is 21.8. The molecule has 3 heterocycles. The number of carbonyl (C=O) groups excluding carboxylic acids is 6. The van der Waals surface area contributed by atoms with Crippen molar-refractivity contribution in [3.63, 3.8) is 0 Å². The van der Waals surface area contributed by atoms with E-state index in [0.717, 1.165) is 66.5 Å². The number of amides is 6. The molecule has 0 fully saturated rings. The van der Waals surface area contributed by atoms with Gasteiger partial charge >= 0.3 is 17.9 Å². The Bertz CT molecular complexity index is 3670. The van der Waals surface area contributed by atoms with Gasteiger partial charge in [0, 0.05) is 92.0 Å². The fourth-order valence-electron chi connectivity index (χ4n) is 11.1. The number of nitrogens with one attached hydrogen (secondary N) is 9. The number of aryl methyl sites for hydroxylation is 3. The third-order valence-corrected chi connectivity index (χ3v) is 15.5. The standard InChI is InChI=1S/C67H67N9O12/c1-37-49(46-10-4-7-13-52(46)68-37)34-58(77)74-55(28-31-61(80)81)65(86)71-43-22-16-40(17-23-43)64(41-18-24-44(25-19-41)72-66(87)56(29-32-62(82)83)75-59(78)35-50-38(2)69-53-14-8-5-11-47(50)53)42-20-26-45(27-21-42)73-67(88)57(30-33-63(84)85)76-60(79)36-51-39(3)70-54-15-9-6-12-48(51)54/h4-27,55-57,64,68-70H,28-36H2,1-3H3,(H,71,86)(H,72,87)(H,73,88)(H,74,77)(H,75,78)(H,76,79)(H,80,81)(H,82,83)(H,84,85)/t55-,56-,57-/m0/s1. The van der Waals surface area contributed by atoms with Crippen molar-refractivity contribution >= 4 is 103 Å². The van der Waals surface area contributed by atoms with Crippen LogP contribution in [0.3, 0.4) is 0 Å². The average molecular weight is 1190 g/mol. The number of benzene rings is 6. The van der Waals surface area contributed by atoms with Crippen LogP contribution in [0.4, 0.5) is 17.1 Å². The molecular weight excluding hydrogens is 1120 g/mol. The number of carbonyl (C=O) groups is 9. The van der Waals surface area contributed by atoms with Crippen molar-refractivity contribution in [3.05, 3.63) is 196 Å². The zero-order chi connectivity index (χ0) is 62.6. The molecule has 0 aliphatic carbocycles. The van der Waals surface area contributed by atoms with Gasteiger partial charge in [-0.2, -0.15) is 0 Å². The van der Waals surface area contributed by atoms with Crippen LogP contribution in [-0.4, -0.2) is 102 Å². The fourth-order valence-corrected chi connectivity index (χ4v) is 11.1. The molecule has 0 spiro atoms. The number of hydrogen-bond acceptors (Lipinski definition) is 9. The maximum atomic E-state index is 13.9. The third kappa shape index (κ3) is 15.5. The van der Waals surface area contributed by atoms with Crippen LogP contribution < -0.4 is 31.9 Å². The molecule has 0 radical (unpaired) electrons. The van der Waals surface area contributed by atoms with Crippen molar-refractivity contribution in [2.75, 3.05) is 16.0 Å². The molecule has 0 unspecified atom stereocenters. The second-order valence-corrected chi connectivity index (χ2v) is 21.8. The van der Waals surface area contributed by atoms with Crippen LogP contribution in [0.2, 0.25) is 0 Å². The van der Waals surface area contributed by atoms with E-state index in [1.807, 2.05) is 93.6 Å². The molecule has 0 saturated carbocycles. The molecule has 21 heteroatoms. The molecular formula is C67H67N9O12. The first-order valence-corrected chi connectivity index (χ1v) is 28.7. The van der Waals surface area contributed by atoms with Gasteiger partial charge in [0.2, 0.25) is 35.4 Å². The lowest BCUT2D eigenvalue weighted by molar-refractivity contribution is -0.138. The van der Waals surface area contributed by atoms with E-state index in [0.29, 0.717) is 33.8 Å². The van der Waals surface area contributed by atoms with E-state index in [2.05, 4.69) is 46.9 Å². The molecule has 0 aliphatic rings. The van der Waals surface area contributed by atoms with Crippen molar-refractivity contribution in [1.29, 1.82) is 0 Å². The summed E-state index contributed by atoms with van der Waals surface area (Å²) in [5.41, 5.74) is 10.3. The number of carboxylic acid groups (broad SMARTS) is 3. The highest BCUT2D eigenvalue weighted by Gasteiger charge is 2.28. The number of H-pyrrole nitrogens is 3. The number of aromatic amines is 3. The predicted molar refractivity (Wildman–Crippen MR) is 333 cm³/mol. The molecule has 3 aromatic heterocycles. The van der Waals surface area contributed by atoms with Crippen molar-refractivity contribution in [1.82, 2.24) is 30.9 Å². The monoisotopic (exact) mass is 1190 g/mol. The Balaban J connectivity index is 0.942. The van der Waals surface area contributed by atoms with Gasteiger partial charge in [-0.05, 0) is 128 Å². The quantitative estimate of drug-likeness (QED) is 0.0215. The molecule has 3 atom stereocenters. The maximum absolute atomic E-state index is 13.9. The number of carboxylic acids is 3. The Morgan fingerprint density at radius 3 is 0.864 bits per heavy atom. The van der Waals surface area contributed by atoms with Crippen LogP contribution in [0.5, 0.6) is 0 Å². The van der Waals surface area contributed by atoms with Crippen molar-refractivity contribution in [2.45, 2.75) is 103 Å². The SMILES string of the molecule is Cc1[nH]c2ccccc2c1CC(=O)N[C@@H](CCC(=O)O)C(=O)Nc1ccc(C(c2ccc(NC(=O)[C@H](CCC(=O)O)NC(=O)Cc3c(C)[nH]c4ccccc34)cc2)c2ccc(NC(=O)[C@H](CCC(=O)O)NC(=O)Cc3c(C)[nH]c4ccccc34)cc2)cc1. The summed E-state index contributed by atoms with van der Waals surface area (Å²) < 4.78 is 0. The summed E-state index contributed by atoms with van der Waals surface area (Å²) in [4.78, 5) is 127. The normalized spacial score (nSPS) is 12.3. The molecule has 9 rings (SSSR count). The summed E-state index contributed by atoms with van der Waals surface area (Å²) in [7, 11) is 0. The van der Waals surface area contributed by atoms with Crippen molar-refractivity contribution in [3.8, 4) is 0 Å². The largest absolute Gasteiger partial charge is 0.481 e. The van der Waals surface area contributed by atoms with Crippen LogP contribution in [0.25, 0.3) is 32.7 Å². The first-order valence-electron chi connectivity index (χ1n) is 28.7. The number of anilines is 3. The van der Waals surface area contributed by atoms with Gasteiger partial charge < -0.3 is 62.2 Å². The molecule has 0 bridgehead atoms. The fraction of sp³-hybridized carbons (Fsp3) is 0.239. The second kappa shape index (κ2) is 27.9. The van der Waals surface area contributed by atoms with Crippen molar-refractivity contribution in [2.24, 2.45) is 0 Å². The maximum Gasteiger partial charge on any atom is 0.303 e. The summed E-state index contributed by atoms with van der Waals surface area (Å²) in [5, 5.41) is 48.0. The van der Waals surface area contributed by atoms with E-state index in [4.69, 9.17) is 0 Å². The minimum Gasteiger partial charge on any atom is -0.481 e. The van der Waals surface area contributed by atoms with E-state index in [-0.39, 0.29) is 38.5 Å². The molecule has 6 amide bonds. The molecule has 0 saturated heterocycles. The Labute approximate surface area is 505 Å². The van der Waals surface area contributed by atoms with Crippen LogP contribution in [-0.2, 0) is 62.4 Å². The first kappa shape index (κ1) is 61.7. The average Bonchev–Trinajstić information content (AvgIpc) is 2.78. The highest BCUT2D eigenvalue weighted by Crippen LogP contribution is 2.35. The van der Waals surface area contributed by atoms with E-state index in [9.17, 15) is 58.5 Å². The zero-order valence-electron chi connectivity index (χ0n) is 48.5. The lowest BCUT2D eigenvalue weighted by Crippen LogP contribution is -2.44. The molecule has 9 aromatic rings. The Morgan fingerprint density at radius 1 is 0.364 bits per heavy atom. The number of aliphatic carboxylic acids is 3. The van der Waals surface area contributed by atoms with Crippen molar-refractivity contribution < 1.29 is 58.5 Å². The minimum absolute atomic E-state index is 0.0553. The highest BCUT2D eigenvalue weighted by molar-refractivity contribution is 6.01. The van der Waals surface area contributed by atoms with Gasteiger partial charge in [-0.3, -0.25) is 43.2 Å². The number of fused-ring (bicyclic) bond motifs is 3. The van der Waals surface area contributed by atoms with Crippen LogP contribution >= 0.6 is 0 Å². The number of aromatic nitrogens is 3. The van der Waals surface area contributed by atoms with Gasteiger partial charge in [0.05, 0.1) is 19.3 Å². The zero-order valence-corrected chi connectivity index (χ0v) is 48.5. The summed E-state index contributed by atoms with van der Waals surface area (Å²) in [6.45, 7) is 5.54. The Hall–Kier alpha value is -10.8. The third-order valence-electron chi connectivity index (χ3n) is 15.5. The van der Waals surface area contributed by atoms with E-state index >= 15 is 0 Å². The first-order chi connectivity index (χ1) is 42.3. The van der Waals surface area contributed by atoms with E-state index < -0.39 is 96.7 Å². The van der Waals surface area contributed by atoms with Crippen LogP contribution in [0.15, 0.2) is 146 Å². The molecule has 0 aliphatic heterocycles. The summed E-state index contributed by atoms with van der Waals surface area (Å²) in [6.07, 6.45) is -1.88. The smallest absolute Gasteiger partial charge is 0.303 e. The van der Waals surface area contributed by atoms with Gasteiger partial charge in [-0.1, -0.05) is 91.0 Å². The molecule has 6 aromatic carbocycles. The molecule has 452 valence electrons. The van der Waals surface area contributed by atoms with Crippen LogP contribution in [0.1, 0.15) is 94.9 Å². The topological polar surface area (TPSA) is 334 Å². The number of para-hydroxylation sites is 3. The minimum atomic E-state index is -1.20.